The number of aliphatic hydroxyl groups excluding tert-OH is 1. The minimum atomic E-state index is -0.849. The normalized spacial score (nSPS) is 18.0. The Bertz CT molecular complexity index is 963. The van der Waals surface area contributed by atoms with E-state index in [2.05, 4.69) is 0 Å². The summed E-state index contributed by atoms with van der Waals surface area (Å²) in [6, 6.07) is 15.6. The van der Waals surface area contributed by atoms with Crippen molar-refractivity contribution in [3.8, 4) is 0 Å². The van der Waals surface area contributed by atoms with Gasteiger partial charge in [0.1, 0.15) is 5.76 Å². The number of benzene rings is 2. The van der Waals surface area contributed by atoms with E-state index in [1.165, 1.54) is 4.90 Å². The van der Waals surface area contributed by atoms with Crippen LogP contribution < -0.4 is 0 Å². The van der Waals surface area contributed by atoms with Gasteiger partial charge in [0, 0.05) is 18.5 Å². The van der Waals surface area contributed by atoms with Gasteiger partial charge in [0.15, 0.2) is 0 Å². The number of carbonyl (C=O) groups excluding carboxylic acids is 2. The zero-order valence-electron chi connectivity index (χ0n) is 16.9. The number of aryl methyl sites for hydroxylation is 1. The Labute approximate surface area is 175 Å². The molecular formula is C24H25NO5. The summed E-state index contributed by atoms with van der Waals surface area (Å²) in [4.78, 5) is 37.8. The van der Waals surface area contributed by atoms with Gasteiger partial charge in [-0.1, -0.05) is 66.6 Å². The number of aliphatic hydroxyl groups is 1. The molecule has 1 saturated heterocycles. The van der Waals surface area contributed by atoms with Crippen LogP contribution in [-0.4, -0.2) is 39.3 Å². The summed E-state index contributed by atoms with van der Waals surface area (Å²) in [6.45, 7) is 2.24. The third-order valence-electron chi connectivity index (χ3n) is 5.27. The van der Waals surface area contributed by atoms with E-state index < -0.39 is 23.7 Å². The fourth-order valence-corrected chi connectivity index (χ4v) is 3.69. The molecule has 0 aromatic heterocycles. The van der Waals surface area contributed by atoms with Crippen LogP contribution in [0.2, 0.25) is 0 Å². The van der Waals surface area contributed by atoms with E-state index in [4.69, 9.17) is 5.11 Å². The number of likely N-dealkylation sites (tertiary alicyclic amines) is 1. The average molecular weight is 407 g/mol. The third kappa shape index (κ3) is 4.59. The Morgan fingerprint density at radius 1 is 0.933 bits per heavy atom. The molecule has 6 nitrogen and oxygen atoms in total. The molecule has 2 aromatic rings. The summed E-state index contributed by atoms with van der Waals surface area (Å²) >= 11 is 0. The first-order chi connectivity index (χ1) is 14.4. The molecule has 0 spiro atoms. The van der Waals surface area contributed by atoms with Crippen molar-refractivity contribution in [2.75, 3.05) is 6.54 Å². The lowest BCUT2D eigenvalue weighted by Gasteiger charge is -2.25. The fourth-order valence-electron chi connectivity index (χ4n) is 3.69. The molecule has 0 bridgehead atoms. The van der Waals surface area contributed by atoms with E-state index in [-0.39, 0.29) is 17.8 Å². The van der Waals surface area contributed by atoms with Crippen LogP contribution in [0, 0.1) is 6.92 Å². The van der Waals surface area contributed by atoms with Gasteiger partial charge in [-0.2, -0.15) is 0 Å². The van der Waals surface area contributed by atoms with Crippen molar-refractivity contribution in [3.05, 3.63) is 76.9 Å². The number of Topliss-reactive ketones (excluding diaryl/α,β-unsaturated/α-hetero) is 1. The zero-order chi connectivity index (χ0) is 21.7. The Morgan fingerprint density at radius 3 is 2.23 bits per heavy atom. The van der Waals surface area contributed by atoms with Crippen LogP contribution in [0.5, 0.6) is 0 Å². The quantitative estimate of drug-likeness (QED) is 0.298. The molecule has 0 saturated carbocycles. The SMILES string of the molecule is Cc1ccc(C(O)=C2C(=O)C(=O)N(CCCCCC(=O)O)[C@H]2c2ccccc2)cc1. The smallest absolute Gasteiger partial charge is 0.303 e. The molecule has 2 N–H and O–H groups in total. The fraction of sp³-hybridized carbons (Fsp3) is 0.292. The lowest BCUT2D eigenvalue weighted by Crippen LogP contribution is -2.30. The van der Waals surface area contributed by atoms with Gasteiger partial charge < -0.3 is 15.1 Å². The lowest BCUT2D eigenvalue weighted by atomic mass is 9.95. The van der Waals surface area contributed by atoms with Gasteiger partial charge >= 0.3 is 5.97 Å². The number of ketones is 1. The number of nitrogens with zero attached hydrogens (tertiary/aromatic N) is 1. The molecule has 1 aliphatic rings. The van der Waals surface area contributed by atoms with Crippen LogP contribution in [0.15, 0.2) is 60.2 Å². The van der Waals surface area contributed by atoms with Crippen LogP contribution in [-0.2, 0) is 14.4 Å². The zero-order valence-corrected chi connectivity index (χ0v) is 16.9. The van der Waals surface area contributed by atoms with Crippen LogP contribution in [0.1, 0.15) is 48.4 Å². The van der Waals surface area contributed by atoms with Gasteiger partial charge in [0.25, 0.3) is 11.7 Å². The second kappa shape index (κ2) is 9.39. The molecule has 0 radical (unpaired) electrons. The predicted molar refractivity (Wildman–Crippen MR) is 113 cm³/mol. The summed E-state index contributed by atoms with van der Waals surface area (Å²) in [6.07, 6.45) is 1.80. The first-order valence-corrected chi connectivity index (χ1v) is 10.0. The van der Waals surface area contributed by atoms with Crippen LogP contribution >= 0.6 is 0 Å². The highest BCUT2D eigenvalue weighted by Crippen LogP contribution is 2.39. The van der Waals surface area contributed by atoms with E-state index in [1.807, 2.05) is 49.4 Å². The second-order valence-corrected chi connectivity index (χ2v) is 7.47. The minimum absolute atomic E-state index is 0.0777. The summed E-state index contributed by atoms with van der Waals surface area (Å²) in [5, 5.41) is 19.7. The van der Waals surface area contributed by atoms with E-state index in [1.54, 1.807) is 12.1 Å². The molecule has 3 rings (SSSR count). The van der Waals surface area contributed by atoms with Crippen LogP contribution in [0.3, 0.4) is 0 Å². The predicted octanol–water partition coefficient (Wildman–Crippen LogP) is 4.06. The van der Waals surface area contributed by atoms with Crippen LogP contribution in [0.25, 0.3) is 5.76 Å². The van der Waals surface area contributed by atoms with Crippen molar-refractivity contribution in [2.24, 2.45) is 0 Å². The molecule has 1 heterocycles. The highest BCUT2D eigenvalue weighted by molar-refractivity contribution is 6.46. The molecular weight excluding hydrogens is 382 g/mol. The number of unbranched alkanes of at least 4 members (excludes halogenated alkanes) is 2. The third-order valence-corrected chi connectivity index (χ3v) is 5.27. The topological polar surface area (TPSA) is 94.9 Å². The number of carbonyl (C=O) groups is 3. The monoisotopic (exact) mass is 407 g/mol. The molecule has 0 unspecified atom stereocenters. The van der Waals surface area contributed by atoms with Crippen molar-refractivity contribution >= 4 is 23.4 Å². The number of amides is 1. The van der Waals surface area contributed by atoms with Gasteiger partial charge in [0.05, 0.1) is 11.6 Å². The molecule has 156 valence electrons. The largest absolute Gasteiger partial charge is 0.507 e. The number of hydrogen-bond acceptors (Lipinski definition) is 4. The van der Waals surface area contributed by atoms with Crippen molar-refractivity contribution in [1.82, 2.24) is 4.90 Å². The maximum Gasteiger partial charge on any atom is 0.303 e. The molecule has 1 amide bonds. The molecule has 2 aromatic carbocycles. The van der Waals surface area contributed by atoms with Gasteiger partial charge in [0.2, 0.25) is 0 Å². The first-order valence-electron chi connectivity index (χ1n) is 10.0. The van der Waals surface area contributed by atoms with Crippen molar-refractivity contribution < 1.29 is 24.6 Å². The maximum atomic E-state index is 12.9. The number of carboxylic acids is 1. The first kappa shape index (κ1) is 21.3. The van der Waals surface area contributed by atoms with E-state index in [0.29, 0.717) is 31.4 Å². The van der Waals surface area contributed by atoms with Crippen molar-refractivity contribution in [2.45, 2.75) is 38.6 Å². The number of rotatable bonds is 8. The summed E-state index contributed by atoms with van der Waals surface area (Å²) in [5.74, 6) is -2.38. The molecule has 6 heteroatoms. The Kier molecular flexibility index (Phi) is 6.67. The van der Waals surface area contributed by atoms with Gasteiger partial charge in [-0.15, -0.1) is 0 Å². The molecule has 30 heavy (non-hydrogen) atoms. The van der Waals surface area contributed by atoms with Gasteiger partial charge in [-0.25, -0.2) is 0 Å². The molecule has 1 aliphatic heterocycles. The van der Waals surface area contributed by atoms with E-state index in [9.17, 15) is 19.5 Å². The Hall–Kier alpha value is -3.41. The van der Waals surface area contributed by atoms with Crippen LogP contribution in [0.4, 0.5) is 0 Å². The van der Waals surface area contributed by atoms with E-state index >= 15 is 0 Å². The molecule has 1 fully saturated rings. The standard InChI is InChI=1S/C24H25NO5/c1-16-11-13-18(14-12-16)22(28)20-21(17-8-4-2-5-9-17)25(24(30)23(20)29)15-7-3-6-10-19(26)27/h2,4-5,8-9,11-14,21,28H,3,6-7,10,15H2,1H3,(H,26,27)/t21-/m0/s1. The number of hydrogen-bond donors (Lipinski definition) is 2. The Balaban J connectivity index is 1.94. The highest BCUT2D eigenvalue weighted by atomic mass is 16.4. The number of carboxylic acid groups (broad SMARTS) is 1. The number of aliphatic carboxylic acids is 1. The van der Waals surface area contributed by atoms with Crippen molar-refractivity contribution in [1.29, 1.82) is 0 Å². The van der Waals surface area contributed by atoms with Crippen molar-refractivity contribution in [3.63, 3.8) is 0 Å². The van der Waals surface area contributed by atoms with E-state index in [0.717, 1.165) is 11.1 Å². The maximum absolute atomic E-state index is 12.9. The average Bonchev–Trinajstić information content (AvgIpc) is 2.99. The Morgan fingerprint density at radius 2 is 1.60 bits per heavy atom. The second-order valence-electron chi connectivity index (χ2n) is 7.47. The molecule has 0 aliphatic carbocycles. The summed E-state index contributed by atoms with van der Waals surface area (Å²) in [7, 11) is 0. The minimum Gasteiger partial charge on any atom is -0.507 e. The lowest BCUT2D eigenvalue weighted by molar-refractivity contribution is -0.140. The molecule has 1 atom stereocenters. The highest BCUT2D eigenvalue weighted by Gasteiger charge is 2.45. The van der Waals surface area contributed by atoms with Gasteiger partial charge in [-0.3, -0.25) is 14.4 Å². The summed E-state index contributed by atoms with van der Waals surface area (Å²) in [5.41, 5.74) is 2.34. The van der Waals surface area contributed by atoms with Gasteiger partial charge in [-0.05, 0) is 25.3 Å². The summed E-state index contributed by atoms with van der Waals surface area (Å²) < 4.78 is 0.